The summed E-state index contributed by atoms with van der Waals surface area (Å²) >= 11 is 3.30. The van der Waals surface area contributed by atoms with Gasteiger partial charge in [-0.15, -0.1) is 0 Å². The van der Waals surface area contributed by atoms with E-state index >= 15 is 0 Å². The lowest BCUT2D eigenvalue weighted by Crippen LogP contribution is -2.08. The Bertz CT molecular complexity index is 1030. The van der Waals surface area contributed by atoms with Gasteiger partial charge in [-0.25, -0.2) is 9.78 Å². The van der Waals surface area contributed by atoms with E-state index in [1.54, 1.807) is 42.5 Å². The molecule has 0 bridgehead atoms. The second kappa shape index (κ2) is 8.44. The molecule has 2 aromatic carbocycles. The summed E-state index contributed by atoms with van der Waals surface area (Å²) in [6.07, 6.45) is 1.13. The molecule has 1 N–H and O–H groups in total. The van der Waals surface area contributed by atoms with Crippen LogP contribution in [0.4, 0.5) is 17.2 Å². The number of para-hydroxylation sites is 1. The van der Waals surface area contributed by atoms with Crippen LogP contribution in [0.5, 0.6) is 11.6 Å². The molecule has 0 saturated carbocycles. The second-order valence-corrected chi connectivity index (χ2v) is 6.27. The molecule has 0 aliphatic heterocycles. The van der Waals surface area contributed by atoms with E-state index in [9.17, 15) is 14.9 Å². The van der Waals surface area contributed by atoms with Crippen molar-refractivity contribution < 1.29 is 19.2 Å². The Hall–Kier alpha value is -3.53. The van der Waals surface area contributed by atoms with Crippen molar-refractivity contribution in [2.75, 3.05) is 12.4 Å². The van der Waals surface area contributed by atoms with Crippen molar-refractivity contribution in [1.82, 2.24) is 9.97 Å². The van der Waals surface area contributed by atoms with Crippen LogP contribution in [0.1, 0.15) is 10.4 Å². The Labute approximate surface area is 167 Å². The van der Waals surface area contributed by atoms with Crippen LogP contribution in [0.25, 0.3) is 0 Å². The molecule has 28 heavy (non-hydrogen) atoms. The maximum atomic E-state index is 11.9. The van der Waals surface area contributed by atoms with Crippen LogP contribution < -0.4 is 10.1 Å². The monoisotopic (exact) mass is 444 g/mol. The zero-order valence-corrected chi connectivity index (χ0v) is 16.0. The highest BCUT2D eigenvalue weighted by Gasteiger charge is 2.26. The zero-order chi connectivity index (χ0) is 20.1. The third-order valence-corrected chi connectivity index (χ3v) is 4.11. The number of esters is 1. The lowest BCUT2D eigenvalue weighted by molar-refractivity contribution is -0.385. The van der Waals surface area contributed by atoms with E-state index in [1.165, 1.54) is 13.2 Å². The minimum atomic E-state index is -0.655. The molecule has 142 valence electrons. The number of hydrogen-bond acceptors (Lipinski definition) is 8. The molecular formula is C18H13BrN4O5. The number of carbonyl (C=O) groups excluding carboxylic acids is 1. The molecule has 0 saturated heterocycles. The van der Waals surface area contributed by atoms with E-state index in [0.29, 0.717) is 11.4 Å². The van der Waals surface area contributed by atoms with Gasteiger partial charge in [-0.1, -0.05) is 28.1 Å². The largest absolute Gasteiger partial charge is 0.465 e. The van der Waals surface area contributed by atoms with Gasteiger partial charge in [0.2, 0.25) is 5.82 Å². The first-order chi connectivity index (χ1) is 13.5. The number of ether oxygens (including phenoxy) is 2. The smallest absolute Gasteiger partial charge is 0.373 e. The van der Waals surface area contributed by atoms with Crippen LogP contribution in [0.2, 0.25) is 0 Å². The lowest BCUT2D eigenvalue weighted by Gasteiger charge is -2.11. The Morgan fingerprint density at radius 3 is 2.54 bits per heavy atom. The Kier molecular flexibility index (Phi) is 5.80. The van der Waals surface area contributed by atoms with Crippen molar-refractivity contribution in [3.8, 4) is 11.6 Å². The van der Waals surface area contributed by atoms with Crippen molar-refractivity contribution in [3.63, 3.8) is 0 Å². The molecular weight excluding hydrogens is 432 g/mol. The number of rotatable bonds is 6. The summed E-state index contributed by atoms with van der Waals surface area (Å²) in [7, 11) is 1.25. The molecule has 0 spiro atoms. The van der Waals surface area contributed by atoms with Gasteiger partial charge in [0.05, 0.1) is 23.3 Å². The molecule has 0 aliphatic rings. The van der Waals surface area contributed by atoms with E-state index in [4.69, 9.17) is 9.47 Å². The highest BCUT2D eigenvalue weighted by molar-refractivity contribution is 9.10. The van der Waals surface area contributed by atoms with Gasteiger partial charge in [-0.2, -0.15) is 4.98 Å². The molecule has 0 amide bonds. The van der Waals surface area contributed by atoms with Crippen molar-refractivity contribution in [2.24, 2.45) is 0 Å². The summed E-state index contributed by atoms with van der Waals surface area (Å²) in [6, 6.07) is 13.1. The number of methoxy groups -OCH3 is 1. The topological polar surface area (TPSA) is 116 Å². The van der Waals surface area contributed by atoms with Crippen molar-refractivity contribution in [1.29, 1.82) is 0 Å². The predicted molar refractivity (Wildman–Crippen MR) is 104 cm³/mol. The first-order valence-corrected chi connectivity index (χ1v) is 8.66. The fraction of sp³-hybridized carbons (Fsp3) is 0.0556. The minimum absolute atomic E-state index is 0.122. The summed E-state index contributed by atoms with van der Waals surface area (Å²) < 4.78 is 11.1. The highest BCUT2D eigenvalue weighted by Crippen LogP contribution is 2.36. The SMILES string of the molecule is COC(=O)c1ccccc1Nc1ncnc(Oc2ccc(Br)cc2)c1[N+](=O)[O-]. The molecule has 1 heterocycles. The van der Waals surface area contributed by atoms with Gasteiger partial charge in [-0.05, 0) is 36.4 Å². The lowest BCUT2D eigenvalue weighted by atomic mass is 10.2. The Balaban J connectivity index is 2.00. The number of halogens is 1. The summed E-state index contributed by atoms with van der Waals surface area (Å²) in [6.45, 7) is 0. The van der Waals surface area contributed by atoms with Gasteiger partial charge < -0.3 is 14.8 Å². The number of nitrogens with one attached hydrogen (secondary N) is 1. The van der Waals surface area contributed by atoms with Crippen LogP contribution >= 0.6 is 15.9 Å². The second-order valence-electron chi connectivity index (χ2n) is 5.35. The van der Waals surface area contributed by atoms with E-state index in [0.717, 1.165) is 10.8 Å². The fourth-order valence-corrected chi connectivity index (χ4v) is 2.58. The number of nitrogens with zero attached hydrogens (tertiary/aromatic N) is 3. The summed E-state index contributed by atoms with van der Waals surface area (Å²) in [5.41, 5.74) is 0.0316. The number of anilines is 2. The molecule has 0 unspecified atom stereocenters. The molecule has 0 fully saturated rings. The molecule has 0 aliphatic carbocycles. The Morgan fingerprint density at radius 1 is 1.14 bits per heavy atom. The molecule has 9 nitrogen and oxygen atoms in total. The first kappa shape index (κ1) is 19.2. The molecule has 1 aromatic heterocycles. The molecule has 0 atom stereocenters. The van der Waals surface area contributed by atoms with Gasteiger partial charge >= 0.3 is 17.5 Å². The van der Waals surface area contributed by atoms with Crippen LogP contribution in [0.3, 0.4) is 0 Å². The maximum Gasteiger partial charge on any atom is 0.373 e. The van der Waals surface area contributed by atoms with E-state index < -0.39 is 16.6 Å². The number of hydrogen-bond donors (Lipinski definition) is 1. The minimum Gasteiger partial charge on any atom is -0.465 e. The average Bonchev–Trinajstić information content (AvgIpc) is 2.69. The van der Waals surface area contributed by atoms with E-state index in [-0.39, 0.29) is 17.3 Å². The van der Waals surface area contributed by atoms with Crippen molar-refractivity contribution in [2.45, 2.75) is 0 Å². The molecule has 10 heteroatoms. The van der Waals surface area contributed by atoms with Crippen molar-refractivity contribution >= 4 is 39.1 Å². The zero-order valence-electron chi connectivity index (χ0n) is 14.5. The van der Waals surface area contributed by atoms with Gasteiger partial charge in [0.15, 0.2) is 0 Å². The number of carbonyl (C=O) groups is 1. The van der Waals surface area contributed by atoms with Crippen LogP contribution in [0, 0.1) is 10.1 Å². The molecule has 3 rings (SSSR count). The summed E-state index contributed by atoms with van der Waals surface area (Å²) in [5.74, 6) is -0.583. The fourth-order valence-electron chi connectivity index (χ4n) is 2.32. The van der Waals surface area contributed by atoms with E-state index in [1.807, 2.05) is 0 Å². The standard InChI is InChI=1S/C18H13BrN4O5/c1-27-18(24)13-4-2-3-5-14(13)22-16-15(23(25)26)17(21-10-20-16)28-12-8-6-11(19)7-9-12/h2-10H,1H3,(H,20,21,22). The van der Waals surface area contributed by atoms with Gasteiger partial charge in [0.25, 0.3) is 0 Å². The normalized spacial score (nSPS) is 10.2. The van der Waals surface area contributed by atoms with Crippen LogP contribution in [-0.2, 0) is 4.74 Å². The predicted octanol–water partition coefficient (Wildman–Crippen LogP) is 4.47. The number of benzene rings is 2. The molecule has 3 aromatic rings. The van der Waals surface area contributed by atoms with Gasteiger partial charge in [0.1, 0.15) is 12.1 Å². The first-order valence-electron chi connectivity index (χ1n) is 7.86. The summed E-state index contributed by atoms with van der Waals surface area (Å²) in [5, 5.41) is 14.5. The summed E-state index contributed by atoms with van der Waals surface area (Å²) in [4.78, 5) is 30.7. The third-order valence-electron chi connectivity index (χ3n) is 3.58. The Morgan fingerprint density at radius 2 is 1.86 bits per heavy atom. The number of nitro groups is 1. The maximum absolute atomic E-state index is 11.9. The van der Waals surface area contributed by atoms with Gasteiger partial charge in [-0.3, -0.25) is 10.1 Å². The highest BCUT2D eigenvalue weighted by atomic mass is 79.9. The van der Waals surface area contributed by atoms with Gasteiger partial charge in [0, 0.05) is 4.47 Å². The van der Waals surface area contributed by atoms with Crippen LogP contribution in [-0.4, -0.2) is 28.0 Å². The van der Waals surface area contributed by atoms with Crippen molar-refractivity contribution in [3.05, 3.63) is 75.0 Å². The van der Waals surface area contributed by atoms with Crippen LogP contribution in [0.15, 0.2) is 59.3 Å². The quantitative estimate of drug-likeness (QED) is 0.336. The third kappa shape index (κ3) is 4.23. The average molecular weight is 445 g/mol. The number of aromatic nitrogens is 2. The van der Waals surface area contributed by atoms with E-state index in [2.05, 4.69) is 31.2 Å². The molecule has 0 radical (unpaired) electrons.